The van der Waals surface area contributed by atoms with Crippen LogP contribution in [-0.2, 0) is 23.7 Å². The summed E-state index contributed by atoms with van der Waals surface area (Å²) < 4.78 is 22.7. The minimum atomic E-state index is -1.80. The van der Waals surface area contributed by atoms with Gasteiger partial charge in [0.1, 0.15) is 48.8 Å². The number of hydrogen-bond acceptors (Lipinski definition) is 13. The van der Waals surface area contributed by atoms with E-state index in [-0.39, 0.29) is 18.9 Å². The molecule has 418 valence electrons. The van der Waals surface area contributed by atoms with Crippen LogP contribution < -0.4 is 5.32 Å². The predicted molar refractivity (Wildman–Crippen MR) is 290 cm³/mol. The van der Waals surface area contributed by atoms with E-state index >= 15 is 0 Å². The molecule has 9 N–H and O–H groups in total. The van der Waals surface area contributed by atoms with Crippen molar-refractivity contribution in [2.45, 2.75) is 248 Å². The lowest BCUT2D eigenvalue weighted by molar-refractivity contribution is -0.359. The molecule has 2 aliphatic heterocycles. The molecule has 2 aliphatic rings. The van der Waals surface area contributed by atoms with E-state index in [1.54, 1.807) is 6.08 Å². The van der Waals surface area contributed by atoms with Crippen LogP contribution in [0.4, 0.5) is 0 Å². The number of rotatable bonds is 42. The van der Waals surface area contributed by atoms with Gasteiger partial charge in [-0.1, -0.05) is 195 Å². The monoisotopic (exact) mass is 1030 g/mol. The van der Waals surface area contributed by atoms with Gasteiger partial charge < -0.3 is 65.1 Å². The third kappa shape index (κ3) is 30.3. The highest BCUT2D eigenvalue weighted by Crippen LogP contribution is 2.30. The zero-order chi connectivity index (χ0) is 53.2. The summed E-state index contributed by atoms with van der Waals surface area (Å²) in [5, 5.41) is 86.9. The van der Waals surface area contributed by atoms with Gasteiger partial charge in [-0.15, -0.1) is 0 Å². The maximum Gasteiger partial charge on any atom is 0.220 e. The number of aliphatic hydroxyl groups is 8. The molecule has 2 saturated heterocycles. The molecular formula is C59H99NO13. The van der Waals surface area contributed by atoms with Gasteiger partial charge in [-0.25, -0.2) is 0 Å². The van der Waals surface area contributed by atoms with Gasteiger partial charge in [-0.05, 0) is 70.6 Å². The molecule has 1 amide bonds. The second kappa shape index (κ2) is 44.1. The average Bonchev–Trinajstić information content (AvgIpc) is 3.39. The number of aliphatic hydroxyl groups excluding tert-OH is 8. The maximum atomic E-state index is 13.2. The third-order valence-electron chi connectivity index (χ3n) is 13.0. The Morgan fingerprint density at radius 3 is 1.49 bits per heavy atom. The van der Waals surface area contributed by atoms with Crippen molar-refractivity contribution in [3.05, 3.63) is 97.2 Å². The van der Waals surface area contributed by atoms with Crippen molar-refractivity contribution in [2.75, 3.05) is 19.8 Å². The average molecular weight is 1030 g/mol. The van der Waals surface area contributed by atoms with Crippen molar-refractivity contribution < 1.29 is 64.6 Å². The first-order valence-electron chi connectivity index (χ1n) is 28.0. The summed E-state index contributed by atoms with van der Waals surface area (Å²) in [5.74, 6) is -0.335. The fourth-order valence-electron chi connectivity index (χ4n) is 8.50. The molecule has 73 heavy (non-hydrogen) atoms. The quantitative estimate of drug-likeness (QED) is 0.0206. The largest absolute Gasteiger partial charge is 0.394 e. The summed E-state index contributed by atoms with van der Waals surface area (Å²) in [5.41, 5.74) is 0. The molecule has 0 aromatic rings. The lowest BCUT2D eigenvalue weighted by atomic mass is 9.97. The zero-order valence-corrected chi connectivity index (χ0v) is 44.6. The Morgan fingerprint density at radius 1 is 0.507 bits per heavy atom. The summed E-state index contributed by atoms with van der Waals surface area (Å²) in [6.45, 7) is 2.60. The second-order valence-corrected chi connectivity index (χ2v) is 19.3. The Hall–Kier alpha value is -3.09. The highest BCUT2D eigenvalue weighted by atomic mass is 16.7. The Morgan fingerprint density at radius 2 is 0.959 bits per heavy atom. The molecule has 0 saturated carbocycles. The summed E-state index contributed by atoms with van der Waals surface area (Å²) in [7, 11) is 0. The van der Waals surface area contributed by atoms with Crippen LogP contribution in [0.15, 0.2) is 97.2 Å². The van der Waals surface area contributed by atoms with Crippen molar-refractivity contribution in [1.29, 1.82) is 0 Å². The number of carbonyl (C=O) groups is 1. The minimum Gasteiger partial charge on any atom is -0.394 e. The van der Waals surface area contributed by atoms with Crippen LogP contribution in [0.1, 0.15) is 174 Å². The van der Waals surface area contributed by atoms with Gasteiger partial charge in [0.2, 0.25) is 5.91 Å². The molecule has 0 aliphatic carbocycles. The number of unbranched alkanes of at least 4 members (excludes halogenated alkanes) is 15. The molecule has 0 bridgehead atoms. The fourth-order valence-corrected chi connectivity index (χ4v) is 8.50. The molecule has 12 unspecified atom stereocenters. The SMILES string of the molecule is CC/C=C\C/C=C\C/C=C\C/C=C\C/C=C\C/C=C\CCC(=O)NC(COC1OC(CO)C(OC2OC(CO)C(O)C(O)C2O)C(O)C1O)C(O)/C=C/CC/C=C/CCCCCCCCCCCCCCCC. The number of amides is 1. The van der Waals surface area contributed by atoms with E-state index in [1.807, 2.05) is 18.2 Å². The number of carbonyl (C=O) groups excluding carboxylic acids is 1. The van der Waals surface area contributed by atoms with Gasteiger partial charge >= 0.3 is 0 Å². The molecule has 2 rings (SSSR count). The number of allylic oxidation sites excluding steroid dienone is 15. The van der Waals surface area contributed by atoms with E-state index in [1.165, 1.54) is 89.9 Å². The molecule has 0 radical (unpaired) electrons. The molecule has 2 heterocycles. The lowest BCUT2D eigenvalue weighted by Crippen LogP contribution is -2.65. The molecule has 0 spiro atoms. The minimum absolute atomic E-state index is 0.143. The smallest absolute Gasteiger partial charge is 0.220 e. The van der Waals surface area contributed by atoms with Crippen molar-refractivity contribution >= 4 is 5.91 Å². The topological polar surface area (TPSA) is 228 Å². The van der Waals surface area contributed by atoms with Crippen LogP contribution in [-0.4, -0.2) is 140 Å². The zero-order valence-electron chi connectivity index (χ0n) is 44.6. The number of nitrogens with one attached hydrogen (secondary N) is 1. The molecule has 12 atom stereocenters. The summed E-state index contributed by atoms with van der Waals surface area (Å²) in [6, 6.07) is -0.978. The van der Waals surface area contributed by atoms with Gasteiger partial charge in [-0.3, -0.25) is 4.79 Å². The molecule has 0 aromatic heterocycles. The van der Waals surface area contributed by atoms with Crippen molar-refractivity contribution in [3.63, 3.8) is 0 Å². The standard InChI is InChI=1S/C59H99NO13/c1-3-5-7-9-11-13-15-17-19-21-23-25-26-28-30-32-34-36-38-40-42-48(63)47(60-51(64)43-41-39-37-35-33-31-29-27-24-22-20-18-16-14-12-10-8-6-4-2)46-70-58-56(69)54(67)57(50(45-62)72-58)73-59-55(68)53(66)52(65)49(44-61)71-59/h6,8,12,14,18,20,24,27,31-34,37,39-40,42,47-50,52-59,61-63,65-69H,3-5,7,9-11,13,15-17,19,21-23,25-26,28-30,35-36,38,41,43-46H2,1-2H3,(H,60,64)/b8-6-,14-12-,20-18-,27-24-,33-31-,34-32+,39-37-,42-40+. The van der Waals surface area contributed by atoms with Gasteiger partial charge in [0.15, 0.2) is 12.6 Å². The molecule has 14 heteroatoms. The fraction of sp³-hybridized carbons (Fsp3) is 0.712. The highest BCUT2D eigenvalue weighted by Gasteiger charge is 2.51. The van der Waals surface area contributed by atoms with Crippen molar-refractivity contribution in [1.82, 2.24) is 5.32 Å². The van der Waals surface area contributed by atoms with Crippen LogP contribution in [0, 0.1) is 0 Å². The van der Waals surface area contributed by atoms with Crippen LogP contribution in [0.25, 0.3) is 0 Å². The van der Waals surface area contributed by atoms with E-state index in [0.29, 0.717) is 12.8 Å². The first kappa shape index (κ1) is 66.0. The normalized spacial score (nSPS) is 26.2. The number of hydrogen-bond donors (Lipinski definition) is 9. The van der Waals surface area contributed by atoms with Crippen molar-refractivity contribution in [2.24, 2.45) is 0 Å². The van der Waals surface area contributed by atoms with Gasteiger partial charge in [0.25, 0.3) is 0 Å². The van der Waals surface area contributed by atoms with Crippen LogP contribution in [0.2, 0.25) is 0 Å². The predicted octanol–water partition coefficient (Wildman–Crippen LogP) is 8.71. The van der Waals surface area contributed by atoms with Gasteiger partial charge in [-0.2, -0.15) is 0 Å². The first-order chi connectivity index (χ1) is 35.6. The summed E-state index contributed by atoms with van der Waals surface area (Å²) >= 11 is 0. The van der Waals surface area contributed by atoms with Crippen LogP contribution in [0.3, 0.4) is 0 Å². The summed E-state index contributed by atoms with van der Waals surface area (Å²) in [6.07, 6.45) is 43.2. The number of ether oxygens (including phenoxy) is 4. The van der Waals surface area contributed by atoms with Gasteiger partial charge in [0, 0.05) is 6.42 Å². The Kier molecular flexibility index (Phi) is 39.9. The maximum absolute atomic E-state index is 13.2. The van der Waals surface area contributed by atoms with Gasteiger partial charge in [0.05, 0.1) is 32.0 Å². The Balaban J connectivity index is 1.86. The Labute approximate surface area is 439 Å². The molecule has 0 aromatic carbocycles. The Bertz CT molecular complexity index is 1590. The molecule has 2 fully saturated rings. The second-order valence-electron chi connectivity index (χ2n) is 19.3. The van der Waals surface area contributed by atoms with Crippen LogP contribution in [0.5, 0.6) is 0 Å². The van der Waals surface area contributed by atoms with Crippen LogP contribution >= 0.6 is 0 Å². The van der Waals surface area contributed by atoms with E-state index in [4.69, 9.17) is 18.9 Å². The van der Waals surface area contributed by atoms with Crippen molar-refractivity contribution in [3.8, 4) is 0 Å². The lowest BCUT2D eigenvalue weighted by Gasteiger charge is -2.46. The first-order valence-corrected chi connectivity index (χ1v) is 28.0. The van der Waals surface area contributed by atoms with E-state index < -0.39 is 86.8 Å². The summed E-state index contributed by atoms with van der Waals surface area (Å²) in [4.78, 5) is 13.2. The van der Waals surface area contributed by atoms with E-state index in [0.717, 1.165) is 51.4 Å². The molecule has 14 nitrogen and oxygen atoms in total. The van der Waals surface area contributed by atoms with E-state index in [2.05, 4.69) is 92.1 Å². The van der Waals surface area contributed by atoms with E-state index in [9.17, 15) is 45.6 Å². The highest BCUT2D eigenvalue weighted by molar-refractivity contribution is 5.76. The molecular weight excluding hydrogens is 931 g/mol. The third-order valence-corrected chi connectivity index (χ3v) is 13.0.